The van der Waals surface area contributed by atoms with Crippen LogP contribution in [0.1, 0.15) is 15.4 Å². The van der Waals surface area contributed by atoms with Crippen molar-refractivity contribution in [1.29, 1.82) is 0 Å². The Bertz CT molecular complexity index is 508. The van der Waals surface area contributed by atoms with Crippen molar-refractivity contribution >= 4 is 62.5 Å². The molecule has 0 saturated heterocycles. The second-order valence-electron chi connectivity index (χ2n) is 3.15. The van der Waals surface area contributed by atoms with E-state index in [1.54, 1.807) is 0 Å². The first-order valence-corrected chi connectivity index (χ1v) is 7.67. The summed E-state index contributed by atoms with van der Waals surface area (Å²) in [7, 11) is 0. The Morgan fingerprint density at radius 1 is 1.29 bits per heavy atom. The van der Waals surface area contributed by atoms with Gasteiger partial charge < -0.3 is 4.74 Å². The number of esters is 1. The van der Waals surface area contributed by atoms with E-state index in [0.717, 1.165) is 12.1 Å². The molecule has 3 nitrogen and oxygen atoms in total. The quantitative estimate of drug-likeness (QED) is 0.507. The van der Waals surface area contributed by atoms with Gasteiger partial charge in [0.15, 0.2) is 0 Å². The second kappa shape index (κ2) is 6.10. The van der Waals surface area contributed by atoms with Gasteiger partial charge in [-0.1, -0.05) is 41.7 Å². The van der Waals surface area contributed by atoms with E-state index < -0.39 is 0 Å². The van der Waals surface area contributed by atoms with Crippen molar-refractivity contribution in [2.75, 3.05) is 0 Å². The van der Waals surface area contributed by atoms with Crippen molar-refractivity contribution in [3.63, 3.8) is 0 Å². The number of ether oxygens (including phenoxy) is 1. The van der Waals surface area contributed by atoms with Crippen molar-refractivity contribution in [2.24, 2.45) is 0 Å². The maximum absolute atomic E-state index is 11.7. The first kappa shape index (κ1) is 13.2. The second-order valence-corrected chi connectivity index (χ2v) is 6.98. The van der Waals surface area contributed by atoms with Crippen molar-refractivity contribution in [3.8, 4) is 0 Å². The fourth-order valence-electron chi connectivity index (χ4n) is 1.16. The Morgan fingerprint density at radius 2 is 2.00 bits per heavy atom. The fraction of sp³-hybridized carbons (Fsp3) is 0.0909. The number of nitrogens with zero attached hydrogens (tertiary/aromatic N) is 1. The van der Waals surface area contributed by atoms with E-state index in [9.17, 15) is 4.79 Å². The Hall–Kier alpha value is -0.220. The Balaban J connectivity index is 1.98. The van der Waals surface area contributed by atoms with E-state index in [0.29, 0.717) is 5.01 Å². The maximum Gasteiger partial charge on any atom is 0.367 e. The van der Waals surface area contributed by atoms with Gasteiger partial charge in [0.1, 0.15) is 10.3 Å². The van der Waals surface area contributed by atoms with E-state index in [4.69, 9.17) is 4.74 Å². The van der Waals surface area contributed by atoms with E-state index >= 15 is 0 Å². The first-order chi connectivity index (χ1) is 8.16. The zero-order chi connectivity index (χ0) is 12.3. The molecule has 0 radical (unpaired) electrons. The number of hydrogen-bond donors (Lipinski definition) is 0. The minimum Gasteiger partial charge on any atom is -0.455 e. The lowest BCUT2D eigenvalue weighted by Gasteiger charge is -2.01. The van der Waals surface area contributed by atoms with Gasteiger partial charge in [0.25, 0.3) is 0 Å². The van der Waals surface area contributed by atoms with Gasteiger partial charge in [0.2, 0.25) is 5.01 Å². The number of halogens is 2. The van der Waals surface area contributed by atoms with Gasteiger partial charge in [-0.3, -0.25) is 0 Å². The Morgan fingerprint density at radius 3 is 2.59 bits per heavy atom. The van der Waals surface area contributed by atoms with Gasteiger partial charge in [0.05, 0.1) is 2.88 Å². The van der Waals surface area contributed by atoms with Gasteiger partial charge in [-0.15, -0.1) is 0 Å². The molecule has 0 amide bonds. The molecule has 0 unspecified atom stereocenters. The number of carbonyl (C=O) groups is 1. The van der Waals surface area contributed by atoms with Crippen LogP contribution in [0, 0.1) is 6.58 Å². The molecule has 2 rings (SSSR count). The fourth-order valence-corrected chi connectivity index (χ4v) is 3.22. The van der Waals surface area contributed by atoms with Crippen LogP contribution in [-0.4, -0.2) is 11.0 Å². The smallest absolute Gasteiger partial charge is 0.367 e. The van der Waals surface area contributed by atoms with Crippen LogP contribution < -0.4 is 0 Å². The molecular formula is C11H7I2NO2S. The van der Waals surface area contributed by atoms with Crippen LogP contribution in [-0.2, 0) is 11.3 Å². The van der Waals surface area contributed by atoms with Crippen LogP contribution in [0.3, 0.4) is 0 Å². The molecule has 0 atom stereocenters. The molecule has 1 heterocycles. The molecule has 1 aromatic heterocycles. The SMILES string of the molecule is O=C(OCc1ccccc1)c1nc(I)c(I)s1. The largest absolute Gasteiger partial charge is 0.455 e. The summed E-state index contributed by atoms with van der Waals surface area (Å²) in [6.45, 7) is 0.284. The van der Waals surface area contributed by atoms with Gasteiger partial charge >= 0.3 is 5.97 Å². The summed E-state index contributed by atoms with van der Waals surface area (Å²) in [5.41, 5.74) is 0.974. The topological polar surface area (TPSA) is 39.2 Å². The van der Waals surface area contributed by atoms with Crippen LogP contribution in [0.2, 0.25) is 0 Å². The van der Waals surface area contributed by atoms with E-state index in [1.807, 2.05) is 30.3 Å². The zero-order valence-corrected chi connectivity index (χ0v) is 13.7. The molecule has 0 bridgehead atoms. The number of aromatic nitrogens is 1. The average Bonchev–Trinajstić information content (AvgIpc) is 2.68. The molecule has 0 aliphatic heterocycles. The summed E-state index contributed by atoms with van der Waals surface area (Å²) >= 11 is 5.61. The molecule has 6 heteroatoms. The van der Waals surface area contributed by atoms with Crippen molar-refractivity contribution in [1.82, 2.24) is 4.98 Å². The molecule has 0 N–H and O–H groups in total. The molecule has 2 aromatic rings. The van der Waals surface area contributed by atoms with E-state index in [1.165, 1.54) is 11.3 Å². The number of rotatable bonds is 3. The van der Waals surface area contributed by atoms with Crippen molar-refractivity contribution < 1.29 is 9.53 Å². The number of hydrogen-bond acceptors (Lipinski definition) is 4. The van der Waals surface area contributed by atoms with E-state index in [-0.39, 0.29) is 12.6 Å². The predicted octanol–water partition coefficient (Wildman–Crippen LogP) is 3.71. The number of benzene rings is 1. The highest BCUT2D eigenvalue weighted by atomic mass is 127. The van der Waals surface area contributed by atoms with Crippen molar-refractivity contribution in [3.05, 3.63) is 47.5 Å². The monoisotopic (exact) mass is 471 g/mol. The summed E-state index contributed by atoms with van der Waals surface area (Å²) in [5, 5.41) is 0.412. The lowest BCUT2D eigenvalue weighted by Crippen LogP contribution is -2.04. The highest BCUT2D eigenvalue weighted by molar-refractivity contribution is 14.1. The van der Waals surface area contributed by atoms with Crippen molar-refractivity contribution in [2.45, 2.75) is 6.61 Å². The standard InChI is InChI=1S/C11H7I2NO2S/c12-8-9(13)17-10(14-8)11(15)16-6-7-4-2-1-3-5-7/h1-5H,6H2. The average molecular weight is 471 g/mol. The van der Waals surface area contributed by atoms with Crippen LogP contribution in [0.15, 0.2) is 30.3 Å². The van der Waals surface area contributed by atoms with Gasteiger partial charge in [-0.25, -0.2) is 9.78 Å². The van der Waals surface area contributed by atoms with Crippen LogP contribution in [0.25, 0.3) is 0 Å². The summed E-state index contributed by atoms with van der Waals surface area (Å²) in [6, 6.07) is 9.60. The molecular weight excluding hydrogens is 464 g/mol. The minimum absolute atomic E-state index is 0.284. The lowest BCUT2D eigenvalue weighted by molar-refractivity contribution is 0.0472. The highest BCUT2D eigenvalue weighted by Gasteiger charge is 2.15. The molecule has 0 saturated carbocycles. The molecule has 0 fully saturated rings. The Labute approximate surface area is 130 Å². The van der Waals surface area contributed by atoms with Gasteiger partial charge in [-0.2, -0.15) is 0 Å². The van der Waals surface area contributed by atoms with E-state index in [2.05, 4.69) is 50.2 Å². The highest BCUT2D eigenvalue weighted by Crippen LogP contribution is 2.22. The van der Waals surface area contributed by atoms with Crippen LogP contribution in [0.5, 0.6) is 0 Å². The number of thiazole rings is 1. The van der Waals surface area contributed by atoms with Gasteiger partial charge in [-0.05, 0) is 50.7 Å². The predicted molar refractivity (Wildman–Crippen MR) is 83.1 cm³/mol. The molecule has 17 heavy (non-hydrogen) atoms. The molecule has 1 aromatic carbocycles. The van der Waals surface area contributed by atoms with Gasteiger partial charge in [0, 0.05) is 0 Å². The third-order valence-electron chi connectivity index (χ3n) is 1.94. The molecule has 0 aliphatic carbocycles. The summed E-state index contributed by atoms with van der Waals surface area (Å²) in [4.78, 5) is 15.8. The molecule has 88 valence electrons. The van der Waals surface area contributed by atoms with Crippen LogP contribution >= 0.6 is 56.5 Å². The maximum atomic E-state index is 11.7. The lowest BCUT2D eigenvalue weighted by atomic mass is 10.2. The summed E-state index contributed by atoms with van der Waals surface area (Å²) in [5.74, 6) is -0.361. The summed E-state index contributed by atoms with van der Waals surface area (Å²) < 4.78 is 7.04. The normalized spacial score (nSPS) is 10.2. The molecule has 0 spiro atoms. The number of carbonyl (C=O) groups excluding carboxylic acids is 1. The third-order valence-corrected chi connectivity index (χ3v) is 6.11. The minimum atomic E-state index is -0.361. The molecule has 0 aliphatic rings. The summed E-state index contributed by atoms with van der Waals surface area (Å²) in [6.07, 6.45) is 0. The van der Waals surface area contributed by atoms with Crippen LogP contribution in [0.4, 0.5) is 0 Å². The zero-order valence-electron chi connectivity index (χ0n) is 8.52. The third kappa shape index (κ3) is 3.62. The first-order valence-electron chi connectivity index (χ1n) is 4.69. The Kier molecular flexibility index (Phi) is 4.74.